The second kappa shape index (κ2) is 10.3. The van der Waals surface area contributed by atoms with Gasteiger partial charge in [-0.1, -0.05) is 18.2 Å². The number of aryl methyl sites for hydroxylation is 3. The molecule has 0 aliphatic heterocycles. The van der Waals surface area contributed by atoms with Crippen molar-refractivity contribution in [2.45, 2.75) is 58.0 Å². The Morgan fingerprint density at radius 1 is 1.25 bits per heavy atom. The van der Waals surface area contributed by atoms with E-state index in [1.54, 1.807) is 13.0 Å². The highest BCUT2D eigenvalue weighted by Gasteiger charge is 2.25. The van der Waals surface area contributed by atoms with Gasteiger partial charge in [0.25, 0.3) is 11.9 Å². The number of hydrogen-bond acceptors (Lipinski definition) is 5. The van der Waals surface area contributed by atoms with Crippen LogP contribution in [0.2, 0.25) is 0 Å². The van der Waals surface area contributed by atoms with Gasteiger partial charge in [0.2, 0.25) is 0 Å². The highest BCUT2D eigenvalue weighted by molar-refractivity contribution is 5.95. The molecule has 32 heavy (non-hydrogen) atoms. The number of benzene rings is 1. The molecular formula is C24H29N3O5. The summed E-state index contributed by atoms with van der Waals surface area (Å²) >= 11 is 0. The number of carbonyl (C=O) groups excluding carboxylic acids is 1. The number of para-hydroxylation sites is 1. The number of fused-ring (bicyclic) bond motifs is 1. The summed E-state index contributed by atoms with van der Waals surface area (Å²) in [4.78, 5) is 37.2. The first-order valence-electron chi connectivity index (χ1n) is 10.7. The van der Waals surface area contributed by atoms with Crippen LogP contribution in [0.4, 0.5) is 0 Å². The van der Waals surface area contributed by atoms with Gasteiger partial charge in [-0.25, -0.2) is 4.79 Å². The molecular weight excluding hydrogens is 410 g/mol. The third kappa shape index (κ3) is 5.85. The smallest absolute Gasteiger partial charge is 0.349 e. The lowest BCUT2D eigenvalue weighted by molar-refractivity contribution is -0.134. The van der Waals surface area contributed by atoms with Crippen LogP contribution in [-0.2, 0) is 17.6 Å². The van der Waals surface area contributed by atoms with E-state index < -0.39 is 11.6 Å². The third-order valence-corrected chi connectivity index (χ3v) is 5.55. The van der Waals surface area contributed by atoms with Crippen LogP contribution >= 0.6 is 0 Å². The third-order valence-electron chi connectivity index (χ3n) is 5.55. The number of amides is 1. The predicted octanol–water partition coefficient (Wildman–Crippen LogP) is 2.92. The van der Waals surface area contributed by atoms with Crippen LogP contribution in [-0.4, -0.2) is 34.1 Å². The van der Waals surface area contributed by atoms with Gasteiger partial charge >= 0.3 is 5.63 Å². The van der Waals surface area contributed by atoms with Crippen molar-refractivity contribution in [3.05, 3.63) is 69.4 Å². The van der Waals surface area contributed by atoms with E-state index in [9.17, 15) is 9.59 Å². The first-order chi connectivity index (χ1) is 15.2. The largest absolute Gasteiger partial charge is 0.481 e. The SMILES string of the molecule is CC(=O)O.Cc1cc(CCc2c[nH]c3ccccc23)oc(=O)c1C(=O)N[C@@H]1CC[C@H](N)C1. The molecule has 0 radical (unpaired) electrons. The lowest BCUT2D eigenvalue weighted by Crippen LogP contribution is -2.37. The fraction of sp³-hybridized carbons (Fsp3) is 0.375. The predicted molar refractivity (Wildman–Crippen MR) is 122 cm³/mol. The molecule has 8 heteroatoms. The fourth-order valence-corrected chi connectivity index (χ4v) is 4.07. The molecule has 1 aliphatic rings. The maximum absolute atomic E-state index is 12.5. The van der Waals surface area contributed by atoms with Gasteiger partial charge in [0, 0.05) is 42.5 Å². The lowest BCUT2D eigenvalue weighted by atomic mass is 10.0. The summed E-state index contributed by atoms with van der Waals surface area (Å²) in [6.07, 6.45) is 5.82. The Morgan fingerprint density at radius 2 is 1.97 bits per heavy atom. The minimum Gasteiger partial charge on any atom is -0.481 e. The molecule has 1 aromatic carbocycles. The molecule has 1 saturated carbocycles. The fourth-order valence-electron chi connectivity index (χ4n) is 4.07. The number of aromatic amines is 1. The Bertz CT molecular complexity index is 1160. The van der Waals surface area contributed by atoms with Crippen LogP contribution in [0, 0.1) is 6.92 Å². The molecule has 3 aromatic rings. The second-order valence-electron chi connectivity index (χ2n) is 8.18. The first-order valence-corrected chi connectivity index (χ1v) is 10.7. The number of rotatable bonds is 5. The van der Waals surface area contributed by atoms with Crippen molar-refractivity contribution in [1.82, 2.24) is 10.3 Å². The summed E-state index contributed by atoms with van der Waals surface area (Å²) in [5.74, 6) is -0.610. The number of carbonyl (C=O) groups is 2. The van der Waals surface area contributed by atoms with Crippen molar-refractivity contribution in [1.29, 1.82) is 0 Å². The summed E-state index contributed by atoms with van der Waals surface area (Å²) in [5, 5.41) is 11.5. The molecule has 8 nitrogen and oxygen atoms in total. The van der Waals surface area contributed by atoms with Crippen molar-refractivity contribution in [2.24, 2.45) is 5.73 Å². The molecule has 0 unspecified atom stereocenters. The molecule has 4 rings (SSSR count). The average molecular weight is 440 g/mol. The van der Waals surface area contributed by atoms with Crippen LogP contribution in [0.25, 0.3) is 10.9 Å². The molecule has 1 amide bonds. The van der Waals surface area contributed by atoms with Crippen molar-refractivity contribution in [2.75, 3.05) is 0 Å². The molecule has 1 aliphatic carbocycles. The van der Waals surface area contributed by atoms with E-state index in [4.69, 9.17) is 20.1 Å². The quantitative estimate of drug-likeness (QED) is 0.482. The number of aliphatic carboxylic acids is 1. The van der Waals surface area contributed by atoms with Gasteiger partial charge in [-0.3, -0.25) is 9.59 Å². The normalized spacial score (nSPS) is 17.6. The van der Waals surface area contributed by atoms with E-state index in [0.29, 0.717) is 17.7 Å². The Hall–Kier alpha value is -3.39. The number of nitrogens with one attached hydrogen (secondary N) is 2. The number of carboxylic acids is 1. The first kappa shape index (κ1) is 23.3. The lowest BCUT2D eigenvalue weighted by Gasteiger charge is -2.13. The van der Waals surface area contributed by atoms with Crippen LogP contribution < -0.4 is 16.7 Å². The van der Waals surface area contributed by atoms with Crippen molar-refractivity contribution < 1.29 is 19.1 Å². The molecule has 2 heterocycles. The molecule has 170 valence electrons. The summed E-state index contributed by atoms with van der Waals surface area (Å²) in [6, 6.07) is 10.1. The van der Waals surface area contributed by atoms with Crippen molar-refractivity contribution in [3.63, 3.8) is 0 Å². The number of nitrogens with two attached hydrogens (primary N) is 1. The van der Waals surface area contributed by atoms with Crippen molar-refractivity contribution >= 4 is 22.8 Å². The molecule has 0 spiro atoms. The minimum absolute atomic E-state index is 0.0304. The molecule has 0 saturated heterocycles. The van der Waals surface area contributed by atoms with Gasteiger partial charge in [-0.15, -0.1) is 0 Å². The Morgan fingerprint density at radius 3 is 2.62 bits per heavy atom. The summed E-state index contributed by atoms with van der Waals surface area (Å²) in [5.41, 5.74) is 8.32. The molecule has 5 N–H and O–H groups in total. The van der Waals surface area contributed by atoms with Gasteiger partial charge in [-0.2, -0.15) is 0 Å². The molecule has 1 fully saturated rings. The number of hydrogen-bond donors (Lipinski definition) is 4. The van der Waals surface area contributed by atoms with Gasteiger partial charge in [0.1, 0.15) is 11.3 Å². The summed E-state index contributed by atoms with van der Waals surface area (Å²) in [7, 11) is 0. The standard InChI is InChI=1S/C22H25N3O3.C2H4O2/c1-13-10-17(9-6-14-12-24-19-5-3-2-4-18(14)19)28-22(27)20(13)21(26)25-16-8-7-15(23)11-16;1-2(3)4/h2-5,10,12,15-16,24H,6-9,11,23H2,1H3,(H,25,26);1H3,(H,3,4)/t15-,16+;/m0./s1. The summed E-state index contributed by atoms with van der Waals surface area (Å²) in [6.45, 7) is 2.86. The molecule has 2 aromatic heterocycles. The average Bonchev–Trinajstić information content (AvgIpc) is 3.31. The van der Waals surface area contributed by atoms with Gasteiger partial charge in [0.05, 0.1) is 0 Å². The topological polar surface area (TPSA) is 138 Å². The van der Waals surface area contributed by atoms with Gasteiger partial charge < -0.3 is 25.6 Å². The van der Waals surface area contributed by atoms with E-state index in [2.05, 4.69) is 16.4 Å². The zero-order valence-corrected chi connectivity index (χ0v) is 18.3. The van der Waals surface area contributed by atoms with E-state index in [-0.39, 0.29) is 23.6 Å². The number of carboxylic acid groups (broad SMARTS) is 1. The Labute approximate surface area is 185 Å². The van der Waals surface area contributed by atoms with E-state index in [1.165, 1.54) is 10.9 Å². The molecule has 0 bridgehead atoms. The van der Waals surface area contributed by atoms with Crippen LogP contribution in [0.3, 0.4) is 0 Å². The van der Waals surface area contributed by atoms with Gasteiger partial charge in [-0.05, 0) is 55.9 Å². The molecule has 2 atom stereocenters. The minimum atomic E-state index is -0.833. The summed E-state index contributed by atoms with van der Waals surface area (Å²) < 4.78 is 5.46. The highest BCUT2D eigenvalue weighted by atomic mass is 16.4. The van der Waals surface area contributed by atoms with Crippen LogP contribution in [0.5, 0.6) is 0 Å². The maximum atomic E-state index is 12.5. The van der Waals surface area contributed by atoms with Crippen LogP contribution in [0.15, 0.2) is 45.7 Å². The number of H-pyrrole nitrogens is 1. The number of aromatic nitrogens is 1. The van der Waals surface area contributed by atoms with E-state index >= 15 is 0 Å². The zero-order valence-electron chi connectivity index (χ0n) is 18.3. The highest BCUT2D eigenvalue weighted by Crippen LogP contribution is 2.20. The van der Waals surface area contributed by atoms with Crippen molar-refractivity contribution in [3.8, 4) is 0 Å². The van der Waals surface area contributed by atoms with Crippen LogP contribution in [0.1, 0.15) is 53.4 Å². The van der Waals surface area contributed by atoms with Gasteiger partial charge in [0.15, 0.2) is 0 Å². The Kier molecular flexibility index (Phi) is 7.48. The van der Waals surface area contributed by atoms with E-state index in [1.807, 2.05) is 24.4 Å². The maximum Gasteiger partial charge on any atom is 0.349 e. The monoisotopic (exact) mass is 439 g/mol. The second-order valence-corrected chi connectivity index (χ2v) is 8.18. The Balaban J connectivity index is 0.000000668. The van der Waals surface area contributed by atoms with E-state index in [0.717, 1.165) is 38.1 Å². The zero-order chi connectivity index (χ0) is 23.3.